The largest absolute Gasteiger partial charge is 0.376 e. The van der Waals surface area contributed by atoms with Crippen molar-refractivity contribution in [2.75, 3.05) is 29.3 Å². The molecule has 9 heteroatoms. The highest BCUT2D eigenvalue weighted by atomic mass is 32.2. The molecule has 3 aromatic rings. The minimum Gasteiger partial charge on any atom is -0.376 e. The first-order valence-corrected chi connectivity index (χ1v) is 13.2. The first kappa shape index (κ1) is 25.4. The molecule has 0 radical (unpaired) electrons. The van der Waals surface area contributed by atoms with Crippen LogP contribution in [0.5, 0.6) is 0 Å². The van der Waals surface area contributed by atoms with Crippen molar-refractivity contribution < 1.29 is 22.7 Å². The van der Waals surface area contributed by atoms with E-state index in [2.05, 4.69) is 10.6 Å². The van der Waals surface area contributed by atoms with Crippen LogP contribution in [0.25, 0.3) is 0 Å². The van der Waals surface area contributed by atoms with E-state index in [-0.39, 0.29) is 22.5 Å². The van der Waals surface area contributed by atoms with E-state index in [1.54, 1.807) is 60.7 Å². The van der Waals surface area contributed by atoms with Crippen molar-refractivity contribution >= 4 is 33.2 Å². The monoisotopic (exact) mass is 507 g/mol. The Hall–Kier alpha value is -3.69. The normalized spacial score (nSPS) is 15.3. The number of hydrogen-bond donors (Lipinski definition) is 2. The quantitative estimate of drug-likeness (QED) is 0.459. The molecule has 1 aliphatic heterocycles. The molecule has 1 atom stereocenters. The number of anilines is 2. The maximum atomic E-state index is 13.5. The summed E-state index contributed by atoms with van der Waals surface area (Å²) in [5.41, 5.74) is 1.82. The molecule has 3 aromatic carbocycles. The summed E-state index contributed by atoms with van der Waals surface area (Å²) in [6.45, 7) is 2.46. The second-order valence-corrected chi connectivity index (χ2v) is 10.5. The Morgan fingerprint density at radius 3 is 2.47 bits per heavy atom. The van der Waals surface area contributed by atoms with Gasteiger partial charge in [0.2, 0.25) is 5.91 Å². The molecule has 1 saturated heterocycles. The Morgan fingerprint density at radius 2 is 1.75 bits per heavy atom. The highest BCUT2D eigenvalue weighted by Gasteiger charge is 2.28. The van der Waals surface area contributed by atoms with Gasteiger partial charge in [-0.1, -0.05) is 42.5 Å². The van der Waals surface area contributed by atoms with Crippen molar-refractivity contribution in [2.45, 2.75) is 30.8 Å². The average Bonchev–Trinajstić information content (AvgIpc) is 3.40. The number of nitrogens with zero attached hydrogens (tertiary/aromatic N) is 1. The van der Waals surface area contributed by atoms with E-state index >= 15 is 0 Å². The van der Waals surface area contributed by atoms with Gasteiger partial charge in [-0.3, -0.25) is 13.9 Å². The lowest BCUT2D eigenvalue weighted by Gasteiger charge is -2.24. The minimum absolute atomic E-state index is 0.0122. The van der Waals surface area contributed by atoms with Crippen molar-refractivity contribution in [3.8, 4) is 0 Å². The zero-order valence-corrected chi connectivity index (χ0v) is 20.8. The summed E-state index contributed by atoms with van der Waals surface area (Å²) in [5.74, 6) is -0.913. The van der Waals surface area contributed by atoms with Gasteiger partial charge in [0, 0.05) is 13.2 Å². The van der Waals surface area contributed by atoms with Gasteiger partial charge in [0.15, 0.2) is 0 Å². The van der Waals surface area contributed by atoms with Crippen LogP contribution in [0.3, 0.4) is 0 Å². The van der Waals surface area contributed by atoms with Gasteiger partial charge >= 0.3 is 0 Å². The predicted molar refractivity (Wildman–Crippen MR) is 139 cm³/mol. The number of sulfonamides is 1. The topological polar surface area (TPSA) is 105 Å². The molecule has 188 valence electrons. The van der Waals surface area contributed by atoms with E-state index in [0.29, 0.717) is 24.5 Å². The molecular weight excluding hydrogens is 478 g/mol. The molecule has 0 aromatic heterocycles. The third-order valence-corrected chi connectivity index (χ3v) is 7.66. The number of amides is 2. The Kier molecular flexibility index (Phi) is 8.02. The molecular formula is C27H29N3O5S. The van der Waals surface area contributed by atoms with Gasteiger partial charge in [0.05, 0.1) is 27.9 Å². The number of benzene rings is 3. The summed E-state index contributed by atoms with van der Waals surface area (Å²) in [7, 11) is -4.02. The molecule has 0 aliphatic carbocycles. The third kappa shape index (κ3) is 6.10. The molecule has 2 N–H and O–H groups in total. The van der Waals surface area contributed by atoms with Crippen LogP contribution < -0.4 is 14.9 Å². The fraction of sp³-hybridized carbons (Fsp3) is 0.259. The molecule has 36 heavy (non-hydrogen) atoms. The lowest BCUT2D eigenvalue weighted by atomic mass is 10.1. The van der Waals surface area contributed by atoms with E-state index in [4.69, 9.17) is 4.74 Å². The lowest BCUT2D eigenvalue weighted by Crippen LogP contribution is -2.38. The van der Waals surface area contributed by atoms with E-state index in [9.17, 15) is 18.0 Å². The molecule has 0 saturated carbocycles. The maximum Gasteiger partial charge on any atom is 0.264 e. The summed E-state index contributed by atoms with van der Waals surface area (Å²) in [6, 6.07) is 21.5. The fourth-order valence-electron chi connectivity index (χ4n) is 4.04. The lowest BCUT2D eigenvalue weighted by molar-refractivity contribution is -0.114. The number of hydrogen-bond acceptors (Lipinski definition) is 5. The molecule has 0 unspecified atom stereocenters. The van der Waals surface area contributed by atoms with Crippen LogP contribution in [0.4, 0.5) is 11.4 Å². The number of rotatable bonds is 9. The highest BCUT2D eigenvalue weighted by Crippen LogP contribution is 2.25. The number of nitrogens with one attached hydrogen (secondary N) is 2. The van der Waals surface area contributed by atoms with Crippen LogP contribution in [-0.2, 0) is 19.6 Å². The van der Waals surface area contributed by atoms with E-state index in [1.165, 1.54) is 12.1 Å². The molecule has 0 bridgehead atoms. The van der Waals surface area contributed by atoms with Gasteiger partial charge in [-0.15, -0.1) is 0 Å². The van der Waals surface area contributed by atoms with Crippen molar-refractivity contribution in [3.63, 3.8) is 0 Å². The maximum absolute atomic E-state index is 13.5. The number of carbonyl (C=O) groups excluding carboxylic acids is 2. The molecule has 0 spiro atoms. The van der Waals surface area contributed by atoms with Gasteiger partial charge in [0.25, 0.3) is 15.9 Å². The molecule has 4 rings (SSSR count). The highest BCUT2D eigenvalue weighted by molar-refractivity contribution is 7.92. The number of para-hydroxylation sites is 1. The summed E-state index contributed by atoms with van der Waals surface area (Å²) in [5, 5.41) is 5.57. The SMILES string of the molecule is Cc1cccc(N(CC(=O)Nc2ccccc2C(=O)NC[C@@H]2CCCO2)S(=O)(=O)c2ccccc2)c1. The Bertz CT molecular complexity index is 1320. The smallest absolute Gasteiger partial charge is 0.264 e. The standard InChI is InChI=1S/C27H29N3O5S/c1-20-9-7-10-21(17-20)30(36(33,34)23-12-3-2-4-13-23)19-26(31)29-25-15-6-5-14-24(25)27(32)28-18-22-11-8-16-35-22/h2-7,9-10,12-15,17,22H,8,11,16,18-19H2,1H3,(H,28,32)(H,29,31)/t22-/m0/s1. The second kappa shape index (κ2) is 11.4. The molecule has 1 heterocycles. The Morgan fingerprint density at radius 1 is 1.00 bits per heavy atom. The van der Waals surface area contributed by atoms with Crippen LogP contribution in [0, 0.1) is 6.92 Å². The number of ether oxygens (including phenoxy) is 1. The fourth-order valence-corrected chi connectivity index (χ4v) is 5.47. The van der Waals surface area contributed by atoms with Crippen molar-refractivity contribution in [1.82, 2.24) is 5.32 Å². The van der Waals surface area contributed by atoms with Crippen LogP contribution >= 0.6 is 0 Å². The summed E-state index contributed by atoms with van der Waals surface area (Å²) < 4.78 is 33.6. The van der Waals surface area contributed by atoms with E-state index in [0.717, 1.165) is 22.7 Å². The van der Waals surface area contributed by atoms with Gasteiger partial charge in [-0.2, -0.15) is 0 Å². The van der Waals surface area contributed by atoms with Crippen molar-refractivity contribution in [2.24, 2.45) is 0 Å². The van der Waals surface area contributed by atoms with Crippen LogP contribution in [0.15, 0.2) is 83.8 Å². The third-order valence-electron chi connectivity index (χ3n) is 5.87. The average molecular weight is 508 g/mol. The van der Waals surface area contributed by atoms with E-state index < -0.39 is 22.5 Å². The van der Waals surface area contributed by atoms with Crippen LogP contribution in [0.2, 0.25) is 0 Å². The molecule has 1 fully saturated rings. The van der Waals surface area contributed by atoms with Crippen LogP contribution in [0.1, 0.15) is 28.8 Å². The summed E-state index contributed by atoms with van der Waals surface area (Å²) >= 11 is 0. The van der Waals surface area contributed by atoms with Crippen molar-refractivity contribution in [1.29, 1.82) is 0 Å². The Balaban J connectivity index is 1.54. The first-order valence-electron chi connectivity index (χ1n) is 11.8. The number of carbonyl (C=O) groups is 2. The van der Waals surface area contributed by atoms with Gasteiger partial charge in [-0.05, 0) is 61.7 Å². The number of aryl methyl sites for hydroxylation is 1. The van der Waals surface area contributed by atoms with Gasteiger partial charge in [0.1, 0.15) is 6.54 Å². The molecule has 8 nitrogen and oxygen atoms in total. The molecule has 2 amide bonds. The second-order valence-electron chi connectivity index (χ2n) is 8.60. The van der Waals surface area contributed by atoms with Gasteiger partial charge < -0.3 is 15.4 Å². The molecule has 1 aliphatic rings. The zero-order valence-electron chi connectivity index (χ0n) is 20.0. The van der Waals surface area contributed by atoms with E-state index in [1.807, 2.05) is 13.0 Å². The predicted octanol–water partition coefficient (Wildman–Crippen LogP) is 3.74. The summed E-state index contributed by atoms with van der Waals surface area (Å²) in [4.78, 5) is 26.0. The van der Waals surface area contributed by atoms with Crippen LogP contribution in [-0.4, -0.2) is 46.0 Å². The Labute approximate surface area is 211 Å². The first-order chi connectivity index (χ1) is 17.3. The zero-order chi connectivity index (χ0) is 25.5. The summed E-state index contributed by atoms with van der Waals surface area (Å²) in [6.07, 6.45) is 1.85. The van der Waals surface area contributed by atoms with Gasteiger partial charge in [-0.25, -0.2) is 8.42 Å². The van der Waals surface area contributed by atoms with Crippen molar-refractivity contribution in [3.05, 3.63) is 90.0 Å². The minimum atomic E-state index is -4.02.